The molecule has 0 atom stereocenters. The van der Waals surface area contributed by atoms with Crippen LogP contribution in [0.2, 0.25) is 0 Å². The summed E-state index contributed by atoms with van der Waals surface area (Å²) >= 11 is 0.954. The van der Waals surface area contributed by atoms with Crippen LogP contribution in [0, 0.1) is 6.92 Å². The van der Waals surface area contributed by atoms with Crippen LogP contribution in [0.15, 0.2) is 58.1 Å². The summed E-state index contributed by atoms with van der Waals surface area (Å²) in [5.74, 6) is 0.744. The van der Waals surface area contributed by atoms with Crippen molar-refractivity contribution in [1.82, 2.24) is 8.52 Å². The van der Waals surface area contributed by atoms with Crippen molar-refractivity contribution in [3.8, 4) is 5.75 Å². The van der Waals surface area contributed by atoms with E-state index in [4.69, 9.17) is 4.74 Å². The summed E-state index contributed by atoms with van der Waals surface area (Å²) < 4.78 is 7.87. The predicted octanol–water partition coefficient (Wildman–Crippen LogP) is 2.49. The third kappa shape index (κ3) is 3.49. The minimum atomic E-state index is -0.276. The molecule has 0 aliphatic carbocycles. The molecule has 1 aromatic heterocycles. The highest BCUT2D eigenvalue weighted by atomic mass is 32.1. The summed E-state index contributed by atoms with van der Waals surface area (Å²) in [6.45, 7) is 2.69. The normalized spacial score (nSPS) is 10.8. The van der Waals surface area contributed by atoms with Gasteiger partial charge < -0.3 is 4.74 Å². The molecule has 5 nitrogen and oxygen atoms in total. The van der Waals surface area contributed by atoms with Crippen LogP contribution in [-0.4, -0.2) is 15.6 Å². The first-order chi connectivity index (χ1) is 11.6. The van der Waals surface area contributed by atoms with Gasteiger partial charge in [0.05, 0.1) is 20.2 Å². The van der Waals surface area contributed by atoms with Crippen LogP contribution >= 0.6 is 11.5 Å². The van der Waals surface area contributed by atoms with Gasteiger partial charge in [-0.2, -0.15) is 0 Å². The maximum atomic E-state index is 12.5. The van der Waals surface area contributed by atoms with E-state index in [1.165, 1.54) is 8.52 Å². The summed E-state index contributed by atoms with van der Waals surface area (Å²) in [5.41, 5.74) is 2.77. The Hall–Kier alpha value is -2.60. The third-order valence-electron chi connectivity index (χ3n) is 3.80. The van der Waals surface area contributed by atoms with Gasteiger partial charge in [0.15, 0.2) is 0 Å². The van der Waals surface area contributed by atoms with Crippen molar-refractivity contribution in [2.24, 2.45) is 0 Å². The van der Waals surface area contributed by atoms with E-state index in [9.17, 15) is 9.59 Å². The molecule has 0 radical (unpaired) electrons. The Morgan fingerprint density at radius 3 is 2.12 bits per heavy atom. The number of nitrogens with zero attached hydrogens (tertiary/aromatic N) is 2. The molecule has 124 valence electrons. The maximum absolute atomic E-state index is 12.5. The molecule has 0 spiro atoms. The second-order valence-electron chi connectivity index (χ2n) is 5.60. The smallest absolute Gasteiger partial charge is 0.341 e. The summed E-state index contributed by atoms with van der Waals surface area (Å²) in [5, 5.41) is 0. The van der Waals surface area contributed by atoms with E-state index in [2.05, 4.69) is 0 Å². The Bertz CT molecular complexity index is 934. The van der Waals surface area contributed by atoms with Gasteiger partial charge in [0.1, 0.15) is 5.75 Å². The Balaban J connectivity index is 1.84. The largest absolute Gasteiger partial charge is 0.497 e. The highest BCUT2D eigenvalue weighted by molar-refractivity contribution is 7.03. The van der Waals surface area contributed by atoms with E-state index in [0.29, 0.717) is 6.54 Å². The molecule has 0 aliphatic heterocycles. The molecule has 0 N–H and O–H groups in total. The molecule has 0 aliphatic rings. The Morgan fingerprint density at radius 1 is 0.917 bits per heavy atom. The number of rotatable bonds is 5. The second-order valence-corrected chi connectivity index (χ2v) is 6.57. The number of ether oxygens (including phenoxy) is 1. The van der Waals surface area contributed by atoms with Gasteiger partial charge in [0.25, 0.3) is 0 Å². The average molecular weight is 342 g/mol. The first-order valence-electron chi connectivity index (χ1n) is 7.56. The zero-order valence-electron chi connectivity index (χ0n) is 13.6. The molecule has 6 heteroatoms. The van der Waals surface area contributed by atoms with Gasteiger partial charge in [-0.3, -0.25) is 4.79 Å². The highest BCUT2D eigenvalue weighted by Gasteiger charge is 2.11. The van der Waals surface area contributed by atoms with Crippen LogP contribution in [0.3, 0.4) is 0 Å². The monoisotopic (exact) mass is 342 g/mol. The SMILES string of the molecule is COc1ccc(Cn2c(=O)sn(Cc3ccc(C)cc3)c2=O)cc1. The van der Waals surface area contributed by atoms with Crippen molar-refractivity contribution >= 4 is 11.5 Å². The number of aryl methyl sites for hydroxylation is 1. The number of hydrogen-bond donors (Lipinski definition) is 0. The van der Waals surface area contributed by atoms with Gasteiger partial charge in [0, 0.05) is 11.5 Å². The third-order valence-corrected chi connectivity index (χ3v) is 4.68. The van der Waals surface area contributed by atoms with Crippen molar-refractivity contribution in [3.05, 3.63) is 85.4 Å². The molecule has 0 bridgehead atoms. The maximum Gasteiger partial charge on any atom is 0.341 e. The highest BCUT2D eigenvalue weighted by Crippen LogP contribution is 2.12. The Morgan fingerprint density at radius 2 is 1.50 bits per heavy atom. The molecule has 0 saturated carbocycles. The zero-order valence-corrected chi connectivity index (χ0v) is 14.4. The van der Waals surface area contributed by atoms with Crippen LogP contribution in [0.5, 0.6) is 5.75 Å². The van der Waals surface area contributed by atoms with Crippen molar-refractivity contribution in [2.45, 2.75) is 20.0 Å². The fourth-order valence-electron chi connectivity index (χ4n) is 2.40. The van der Waals surface area contributed by atoms with E-state index >= 15 is 0 Å². The first kappa shape index (κ1) is 16.3. The molecule has 3 rings (SSSR count). The minimum Gasteiger partial charge on any atom is -0.497 e. The molecule has 0 unspecified atom stereocenters. The molecule has 0 amide bonds. The zero-order chi connectivity index (χ0) is 17.1. The van der Waals surface area contributed by atoms with Crippen molar-refractivity contribution in [3.63, 3.8) is 0 Å². The summed E-state index contributed by atoms with van der Waals surface area (Å²) in [6.07, 6.45) is 0. The van der Waals surface area contributed by atoms with Crippen molar-refractivity contribution < 1.29 is 4.74 Å². The van der Waals surface area contributed by atoms with Gasteiger partial charge in [-0.15, -0.1) is 0 Å². The fourth-order valence-corrected chi connectivity index (χ4v) is 3.22. The van der Waals surface area contributed by atoms with Gasteiger partial charge in [-0.25, -0.2) is 13.3 Å². The average Bonchev–Trinajstić information content (AvgIpc) is 2.85. The lowest BCUT2D eigenvalue weighted by Crippen LogP contribution is -2.29. The molecule has 24 heavy (non-hydrogen) atoms. The molecule has 0 fully saturated rings. The number of benzene rings is 2. The number of hydrogen-bond acceptors (Lipinski definition) is 4. The quantitative estimate of drug-likeness (QED) is 0.716. The van der Waals surface area contributed by atoms with Crippen LogP contribution in [0.4, 0.5) is 0 Å². The topological polar surface area (TPSA) is 53.2 Å². The van der Waals surface area contributed by atoms with E-state index in [0.717, 1.165) is 34.0 Å². The van der Waals surface area contributed by atoms with Crippen molar-refractivity contribution in [2.75, 3.05) is 7.11 Å². The lowest BCUT2D eigenvalue weighted by molar-refractivity contribution is 0.414. The summed E-state index contributed by atoms with van der Waals surface area (Å²) in [4.78, 5) is 24.4. The summed E-state index contributed by atoms with van der Waals surface area (Å²) in [7, 11) is 1.60. The molecule has 1 heterocycles. The molecule has 0 saturated heterocycles. The molecular formula is C18H18N2O3S. The molecular weight excluding hydrogens is 324 g/mol. The second kappa shape index (κ2) is 6.88. The number of methoxy groups -OCH3 is 1. The van der Waals surface area contributed by atoms with Gasteiger partial charge in [0.2, 0.25) is 0 Å². The predicted molar refractivity (Wildman–Crippen MR) is 95.2 cm³/mol. The Labute approximate surface area is 143 Å². The number of aromatic nitrogens is 2. The lowest BCUT2D eigenvalue weighted by Gasteiger charge is -2.04. The van der Waals surface area contributed by atoms with Crippen LogP contribution < -0.4 is 15.3 Å². The van der Waals surface area contributed by atoms with E-state index < -0.39 is 0 Å². The van der Waals surface area contributed by atoms with Crippen molar-refractivity contribution in [1.29, 1.82) is 0 Å². The fraction of sp³-hybridized carbons (Fsp3) is 0.222. The van der Waals surface area contributed by atoms with Gasteiger partial charge in [-0.05, 0) is 30.2 Å². The van der Waals surface area contributed by atoms with E-state index in [-0.39, 0.29) is 17.1 Å². The van der Waals surface area contributed by atoms with E-state index in [1.54, 1.807) is 7.11 Å². The van der Waals surface area contributed by atoms with Gasteiger partial charge >= 0.3 is 10.6 Å². The standard InChI is InChI=1S/C18H18N2O3S/c1-13-3-5-15(6-4-13)12-20-17(21)19(18(22)24-20)11-14-7-9-16(23-2)10-8-14/h3-10H,11-12H2,1-2H3. The van der Waals surface area contributed by atoms with Crippen LogP contribution in [-0.2, 0) is 13.1 Å². The molecule has 3 aromatic rings. The summed E-state index contributed by atoms with van der Waals surface area (Å²) in [6, 6.07) is 15.3. The first-order valence-corrected chi connectivity index (χ1v) is 8.33. The lowest BCUT2D eigenvalue weighted by atomic mass is 10.1. The van der Waals surface area contributed by atoms with Crippen LogP contribution in [0.1, 0.15) is 16.7 Å². The minimum absolute atomic E-state index is 0.247. The molecule has 2 aromatic carbocycles. The van der Waals surface area contributed by atoms with Gasteiger partial charge in [-0.1, -0.05) is 42.0 Å². The van der Waals surface area contributed by atoms with E-state index in [1.807, 2.05) is 55.5 Å². The van der Waals surface area contributed by atoms with Crippen LogP contribution in [0.25, 0.3) is 0 Å². The Kier molecular flexibility index (Phi) is 4.66.